The van der Waals surface area contributed by atoms with Gasteiger partial charge in [-0.2, -0.15) is 15.5 Å². The molecule has 1 aliphatic rings. The van der Waals surface area contributed by atoms with Gasteiger partial charge in [0, 0.05) is 31.9 Å². The number of aryl methyl sites for hydroxylation is 1. The first-order chi connectivity index (χ1) is 16.6. The summed E-state index contributed by atoms with van der Waals surface area (Å²) in [5.74, 6) is 0.542. The number of carbonyl (C=O) groups excluding carboxylic acids is 1. The zero-order valence-electron chi connectivity index (χ0n) is 18.5. The van der Waals surface area contributed by atoms with E-state index in [-0.39, 0.29) is 5.91 Å². The fourth-order valence-electron chi connectivity index (χ4n) is 3.95. The molecule has 0 saturated heterocycles. The quantitative estimate of drug-likeness (QED) is 0.464. The smallest absolute Gasteiger partial charge is 0.247 e. The Morgan fingerprint density at radius 2 is 2.12 bits per heavy atom. The van der Waals surface area contributed by atoms with Crippen molar-refractivity contribution in [2.75, 3.05) is 23.3 Å². The molecule has 1 N–H and O–H groups in total. The summed E-state index contributed by atoms with van der Waals surface area (Å²) in [5, 5.41) is 20.9. The Kier molecular flexibility index (Phi) is 5.35. The van der Waals surface area contributed by atoms with Crippen LogP contribution >= 0.6 is 0 Å². The molecule has 1 amide bonds. The molecule has 0 bridgehead atoms. The maximum Gasteiger partial charge on any atom is 0.247 e. The number of rotatable bonds is 5. The van der Waals surface area contributed by atoms with Crippen molar-refractivity contribution in [3.8, 4) is 17.3 Å². The summed E-state index contributed by atoms with van der Waals surface area (Å²) in [6.07, 6.45) is 12.7. The number of carbonyl (C=O) groups is 1. The van der Waals surface area contributed by atoms with Gasteiger partial charge in [-0.05, 0) is 30.2 Å². The van der Waals surface area contributed by atoms with Crippen LogP contribution in [0.3, 0.4) is 0 Å². The Labute approximate surface area is 195 Å². The summed E-state index contributed by atoms with van der Waals surface area (Å²) >= 11 is 0. The fraction of sp³-hybridized carbons (Fsp3) is 0.167. The molecular formula is C24H21N9O. The van der Waals surface area contributed by atoms with Gasteiger partial charge in [-0.15, -0.1) is 0 Å². The number of fused-ring (bicyclic) bond motifs is 1. The van der Waals surface area contributed by atoms with Gasteiger partial charge in [0.15, 0.2) is 0 Å². The lowest BCUT2D eigenvalue weighted by Gasteiger charge is -2.27. The van der Waals surface area contributed by atoms with Gasteiger partial charge >= 0.3 is 0 Å². The lowest BCUT2D eigenvalue weighted by atomic mass is 10.0. The Morgan fingerprint density at radius 3 is 2.76 bits per heavy atom. The lowest BCUT2D eigenvalue weighted by Crippen LogP contribution is -2.29. The predicted octanol–water partition coefficient (Wildman–Crippen LogP) is 2.81. The molecule has 168 valence electrons. The highest BCUT2D eigenvalue weighted by atomic mass is 16.1. The molecule has 5 rings (SSSR count). The third-order valence-electron chi connectivity index (χ3n) is 5.66. The normalized spacial score (nSPS) is 13.4. The zero-order chi connectivity index (χ0) is 23.7. The lowest BCUT2D eigenvalue weighted by molar-refractivity contribution is -0.111. The minimum absolute atomic E-state index is 0.274. The van der Waals surface area contributed by atoms with Crippen LogP contribution in [0.25, 0.3) is 22.3 Å². The summed E-state index contributed by atoms with van der Waals surface area (Å²) in [4.78, 5) is 23.0. The highest BCUT2D eigenvalue weighted by Gasteiger charge is 2.21. The van der Waals surface area contributed by atoms with Crippen LogP contribution in [0.15, 0.2) is 61.8 Å². The largest absolute Gasteiger partial charge is 0.353 e. The van der Waals surface area contributed by atoms with Crippen molar-refractivity contribution in [3.05, 3.63) is 73.1 Å². The van der Waals surface area contributed by atoms with Crippen LogP contribution in [-0.2, 0) is 11.8 Å². The molecule has 34 heavy (non-hydrogen) atoms. The number of hydrogen-bond donors (Lipinski definition) is 1. The minimum atomic E-state index is -0.274. The number of pyridine rings is 1. The first kappa shape index (κ1) is 21.1. The summed E-state index contributed by atoms with van der Waals surface area (Å²) in [6.45, 7) is 4.83. The number of nitrogens with zero attached hydrogens (tertiary/aromatic N) is 8. The van der Waals surface area contributed by atoms with Crippen molar-refractivity contribution in [2.24, 2.45) is 7.05 Å². The maximum atomic E-state index is 11.5. The van der Waals surface area contributed by atoms with Crippen LogP contribution in [-0.4, -0.2) is 48.4 Å². The van der Waals surface area contributed by atoms with Crippen LogP contribution in [0.5, 0.6) is 0 Å². The summed E-state index contributed by atoms with van der Waals surface area (Å²) in [5.41, 5.74) is 5.24. The monoisotopic (exact) mass is 451 g/mol. The van der Waals surface area contributed by atoms with Gasteiger partial charge in [0.2, 0.25) is 5.91 Å². The first-order valence-corrected chi connectivity index (χ1v) is 10.7. The van der Waals surface area contributed by atoms with E-state index in [1.165, 1.54) is 6.08 Å². The second kappa shape index (κ2) is 8.63. The summed E-state index contributed by atoms with van der Waals surface area (Å²) in [6, 6.07) is 5.92. The molecule has 0 aliphatic carbocycles. The minimum Gasteiger partial charge on any atom is -0.353 e. The van der Waals surface area contributed by atoms with Crippen LogP contribution in [0.4, 0.5) is 11.5 Å². The van der Waals surface area contributed by atoms with Gasteiger partial charge in [-0.25, -0.2) is 14.5 Å². The van der Waals surface area contributed by atoms with Gasteiger partial charge in [-0.3, -0.25) is 9.48 Å². The van der Waals surface area contributed by atoms with Gasteiger partial charge in [-0.1, -0.05) is 12.7 Å². The predicted molar refractivity (Wildman–Crippen MR) is 128 cm³/mol. The molecule has 0 radical (unpaired) electrons. The average molecular weight is 451 g/mol. The Bertz CT molecular complexity index is 1470. The number of hydrogen-bond acceptors (Lipinski definition) is 7. The number of nitriles is 1. The second-order valence-electron chi connectivity index (χ2n) is 7.86. The fourth-order valence-corrected chi connectivity index (χ4v) is 3.95. The topological polar surface area (TPSA) is 117 Å². The third-order valence-corrected chi connectivity index (χ3v) is 5.66. The summed E-state index contributed by atoms with van der Waals surface area (Å²) in [7, 11) is 1.86. The molecule has 0 aromatic carbocycles. The number of anilines is 2. The van der Waals surface area contributed by atoms with E-state index in [4.69, 9.17) is 4.98 Å². The number of amides is 1. The van der Waals surface area contributed by atoms with Crippen molar-refractivity contribution >= 4 is 28.5 Å². The maximum absolute atomic E-state index is 11.5. The highest BCUT2D eigenvalue weighted by Crippen LogP contribution is 2.30. The van der Waals surface area contributed by atoms with Crippen LogP contribution < -0.4 is 10.2 Å². The van der Waals surface area contributed by atoms with E-state index in [1.54, 1.807) is 27.8 Å². The van der Waals surface area contributed by atoms with Crippen molar-refractivity contribution in [1.82, 2.24) is 29.4 Å². The van der Waals surface area contributed by atoms with Gasteiger partial charge in [0.1, 0.15) is 17.4 Å². The highest BCUT2D eigenvalue weighted by molar-refractivity contribution is 5.98. The molecule has 0 fully saturated rings. The molecule has 0 saturated carbocycles. The molecule has 5 heterocycles. The SMILES string of the molecule is C=CC(=O)Nc1ccc(N2CC=C(c3nc(-c4cnn(C)c4)cn4ncc(C#N)c34)CC2)nc1. The Morgan fingerprint density at radius 1 is 1.24 bits per heavy atom. The second-order valence-corrected chi connectivity index (χ2v) is 7.86. The Hall–Kier alpha value is -4.78. The summed E-state index contributed by atoms with van der Waals surface area (Å²) < 4.78 is 3.44. The molecule has 10 heteroatoms. The molecule has 4 aromatic rings. The van der Waals surface area contributed by atoms with Crippen molar-refractivity contribution in [2.45, 2.75) is 6.42 Å². The molecule has 4 aromatic heterocycles. The van der Waals surface area contributed by atoms with E-state index in [9.17, 15) is 10.1 Å². The van der Waals surface area contributed by atoms with E-state index in [0.29, 0.717) is 23.3 Å². The van der Waals surface area contributed by atoms with Crippen molar-refractivity contribution in [3.63, 3.8) is 0 Å². The molecule has 0 spiro atoms. The third kappa shape index (κ3) is 3.91. The Balaban J connectivity index is 1.45. The average Bonchev–Trinajstić information content (AvgIpc) is 3.50. The van der Waals surface area contributed by atoms with E-state index < -0.39 is 0 Å². The van der Waals surface area contributed by atoms with E-state index in [2.05, 4.69) is 44.1 Å². The molecular weight excluding hydrogens is 430 g/mol. The van der Waals surface area contributed by atoms with Crippen molar-refractivity contribution in [1.29, 1.82) is 5.26 Å². The number of aromatic nitrogens is 6. The van der Waals surface area contributed by atoms with Crippen molar-refractivity contribution < 1.29 is 4.79 Å². The first-order valence-electron chi connectivity index (χ1n) is 10.7. The standard InChI is InChI=1S/C24H21N9O/c1-3-22(34)29-19-4-5-21(26-13-19)32-8-6-16(7-9-32)23-24-17(10-25)11-28-33(24)15-20(30-23)18-12-27-31(2)14-18/h3-6,11-15H,1,7-9H2,2H3,(H,29,34). The van der Waals surface area contributed by atoms with Gasteiger partial charge in [0.05, 0.1) is 47.4 Å². The molecule has 10 nitrogen and oxygen atoms in total. The zero-order valence-corrected chi connectivity index (χ0v) is 18.5. The number of nitrogens with one attached hydrogen (secondary N) is 1. The van der Waals surface area contributed by atoms with Crippen LogP contribution in [0.2, 0.25) is 0 Å². The van der Waals surface area contributed by atoms with Crippen LogP contribution in [0.1, 0.15) is 17.7 Å². The van der Waals surface area contributed by atoms with Crippen LogP contribution in [0, 0.1) is 11.3 Å². The molecule has 1 aliphatic heterocycles. The van der Waals surface area contributed by atoms with Gasteiger partial charge in [0.25, 0.3) is 0 Å². The van der Waals surface area contributed by atoms with E-state index in [1.807, 2.05) is 31.6 Å². The van der Waals surface area contributed by atoms with E-state index in [0.717, 1.165) is 41.3 Å². The van der Waals surface area contributed by atoms with E-state index >= 15 is 0 Å². The van der Waals surface area contributed by atoms with Gasteiger partial charge < -0.3 is 10.2 Å². The molecule has 0 unspecified atom stereocenters. The molecule has 0 atom stereocenters.